The summed E-state index contributed by atoms with van der Waals surface area (Å²) in [4.78, 5) is 4.82. The number of hydrogen-bond donors (Lipinski definition) is 0. The Hall–Kier alpha value is -1.63. The fourth-order valence-electron chi connectivity index (χ4n) is 4.18. The predicted octanol–water partition coefficient (Wildman–Crippen LogP) is 7.17. The van der Waals surface area contributed by atoms with Gasteiger partial charge in [0.15, 0.2) is 0 Å². The molecule has 1 nitrogen and oxygen atoms in total. The van der Waals surface area contributed by atoms with Gasteiger partial charge in [-0.15, -0.1) is 0 Å². The summed E-state index contributed by atoms with van der Waals surface area (Å²) in [5.74, 6) is 1.65. The molecule has 25 heavy (non-hydrogen) atoms. The zero-order valence-corrected chi connectivity index (χ0v) is 16.0. The Bertz CT molecular complexity index is 618. The van der Waals surface area contributed by atoms with Crippen LogP contribution in [0.2, 0.25) is 0 Å². The molecule has 0 bridgehead atoms. The maximum Gasteiger partial charge on any atom is 0.0434 e. The lowest BCUT2D eigenvalue weighted by atomic mass is 9.78. The van der Waals surface area contributed by atoms with E-state index in [-0.39, 0.29) is 0 Å². The topological polar surface area (TPSA) is 12.9 Å². The van der Waals surface area contributed by atoms with Crippen molar-refractivity contribution in [2.45, 2.75) is 77.6 Å². The first-order valence-electron chi connectivity index (χ1n) is 10.4. The molecule has 1 fully saturated rings. The van der Waals surface area contributed by atoms with E-state index in [1.54, 1.807) is 0 Å². The van der Waals surface area contributed by atoms with Crippen molar-refractivity contribution in [3.8, 4) is 11.1 Å². The number of rotatable bonds is 7. The van der Waals surface area contributed by atoms with Crippen molar-refractivity contribution in [3.05, 3.63) is 53.9 Å². The Morgan fingerprint density at radius 1 is 0.840 bits per heavy atom. The number of aromatic nitrogens is 1. The molecule has 0 radical (unpaired) electrons. The van der Waals surface area contributed by atoms with Crippen LogP contribution in [0.15, 0.2) is 42.6 Å². The zero-order valence-electron chi connectivity index (χ0n) is 16.0. The minimum absolute atomic E-state index is 0.680. The van der Waals surface area contributed by atoms with Gasteiger partial charge in [0.1, 0.15) is 0 Å². The lowest BCUT2D eigenvalue weighted by Gasteiger charge is -2.28. The molecule has 1 aliphatic rings. The molecule has 0 saturated heterocycles. The van der Waals surface area contributed by atoms with Gasteiger partial charge in [0.2, 0.25) is 0 Å². The first kappa shape index (κ1) is 18.2. The Morgan fingerprint density at radius 2 is 1.56 bits per heavy atom. The van der Waals surface area contributed by atoms with Gasteiger partial charge in [-0.05, 0) is 55.2 Å². The summed E-state index contributed by atoms with van der Waals surface area (Å²) >= 11 is 0. The molecule has 1 aromatic carbocycles. The van der Waals surface area contributed by atoms with Crippen molar-refractivity contribution in [1.29, 1.82) is 0 Å². The van der Waals surface area contributed by atoms with Crippen LogP contribution in [0.4, 0.5) is 0 Å². The number of unbranched alkanes of at least 4 members (excludes halogenated alkanes) is 2. The van der Waals surface area contributed by atoms with E-state index in [4.69, 9.17) is 4.98 Å². The van der Waals surface area contributed by atoms with E-state index in [1.165, 1.54) is 73.8 Å². The number of nitrogens with zero attached hydrogens (tertiary/aromatic N) is 1. The summed E-state index contributed by atoms with van der Waals surface area (Å²) < 4.78 is 0. The lowest BCUT2D eigenvalue weighted by molar-refractivity contribution is 0.300. The molecule has 134 valence electrons. The normalized spacial score (nSPS) is 20.6. The molecule has 1 heterocycles. The molecule has 1 heteroatoms. The molecule has 0 aliphatic heterocycles. The first-order valence-corrected chi connectivity index (χ1v) is 10.4. The van der Waals surface area contributed by atoms with E-state index < -0.39 is 0 Å². The quantitative estimate of drug-likeness (QED) is 0.489. The highest BCUT2D eigenvalue weighted by Gasteiger charge is 2.22. The van der Waals surface area contributed by atoms with E-state index in [1.807, 2.05) is 0 Å². The van der Waals surface area contributed by atoms with Crippen molar-refractivity contribution in [2.75, 3.05) is 0 Å². The van der Waals surface area contributed by atoms with Gasteiger partial charge in [0, 0.05) is 23.4 Å². The van der Waals surface area contributed by atoms with Crippen LogP contribution in [0, 0.1) is 5.92 Å². The summed E-state index contributed by atoms with van der Waals surface area (Å²) in [5, 5.41) is 0. The smallest absolute Gasteiger partial charge is 0.0434 e. The molecule has 1 saturated carbocycles. The van der Waals surface area contributed by atoms with Gasteiger partial charge in [-0.2, -0.15) is 0 Å². The highest BCUT2D eigenvalue weighted by atomic mass is 14.7. The van der Waals surface area contributed by atoms with Crippen LogP contribution < -0.4 is 0 Å². The van der Waals surface area contributed by atoms with E-state index >= 15 is 0 Å². The van der Waals surface area contributed by atoms with Crippen LogP contribution in [0.1, 0.15) is 82.4 Å². The molecule has 0 spiro atoms. The Morgan fingerprint density at radius 3 is 2.16 bits per heavy atom. The fraction of sp³-hybridized carbons (Fsp3) is 0.542. The average molecular weight is 336 g/mol. The van der Waals surface area contributed by atoms with Crippen LogP contribution in [0.5, 0.6) is 0 Å². The van der Waals surface area contributed by atoms with Gasteiger partial charge in [-0.1, -0.05) is 69.9 Å². The number of aryl methyl sites for hydroxylation is 1. The number of benzene rings is 1. The highest BCUT2D eigenvalue weighted by molar-refractivity contribution is 5.62. The second-order valence-electron chi connectivity index (χ2n) is 7.74. The summed E-state index contributed by atoms with van der Waals surface area (Å²) in [6.45, 7) is 4.49. The van der Waals surface area contributed by atoms with Gasteiger partial charge in [-0.3, -0.25) is 4.98 Å². The maximum atomic E-state index is 4.82. The van der Waals surface area contributed by atoms with E-state index in [0.29, 0.717) is 5.92 Å². The maximum absolute atomic E-state index is 4.82. The highest BCUT2D eigenvalue weighted by Crippen LogP contribution is 2.37. The van der Waals surface area contributed by atoms with Crippen LogP contribution in [-0.2, 0) is 6.42 Å². The molecular formula is C24H33N. The molecule has 2 aromatic rings. The van der Waals surface area contributed by atoms with Gasteiger partial charge in [0.05, 0.1) is 0 Å². The molecule has 3 rings (SSSR count). The van der Waals surface area contributed by atoms with Crippen LogP contribution in [-0.4, -0.2) is 4.98 Å². The minimum Gasteiger partial charge on any atom is -0.260 e. The molecule has 1 aromatic heterocycles. The molecule has 0 N–H and O–H groups in total. The summed E-state index contributed by atoms with van der Waals surface area (Å²) in [5.41, 5.74) is 5.21. The third-order valence-corrected chi connectivity index (χ3v) is 5.96. The van der Waals surface area contributed by atoms with Gasteiger partial charge in [0.25, 0.3) is 0 Å². The van der Waals surface area contributed by atoms with E-state index in [9.17, 15) is 0 Å². The van der Waals surface area contributed by atoms with Crippen LogP contribution in [0.3, 0.4) is 0 Å². The fourth-order valence-corrected chi connectivity index (χ4v) is 4.18. The zero-order chi connectivity index (χ0) is 17.5. The van der Waals surface area contributed by atoms with Gasteiger partial charge in [-0.25, -0.2) is 0 Å². The Balaban J connectivity index is 1.56. The lowest BCUT2D eigenvalue weighted by Crippen LogP contribution is -2.14. The Kier molecular flexibility index (Phi) is 6.67. The predicted molar refractivity (Wildman–Crippen MR) is 108 cm³/mol. The second-order valence-corrected chi connectivity index (χ2v) is 7.74. The van der Waals surface area contributed by atoms with Crippen molar-refractivity contribution < 1.29 is 0 Å². The summed E-state index contributed by atoms with van der Waals surface area (Å²) in [7, 11) is 0. The van der Waals surface area contributed by atoms with Crippen molar-refractivity contribution in [2.24, 2.45) is 5.92 Å². The molecule has 0 atom stereocenters. The third-order valence-electron chi connectivity index (χ3n) is 5.96. The number of pyridine rings is 1. The van der Waals surface area contributed by atoms with Crippen molar-refractivity contribution >= 4 is 0 Å². The SMILES string of the molecule is CCCCCC1CCC(c2ccc(-c3ccc(CC)cc3)cn2)CC1. The third kappa shape index (κ3) is 4.93. The molecule has 0 amide bonds. The average Bonchev–Trinajstić information content (AvgIpc) is 2.69. The van der Waals surface area contributed by atoms with Crippen LogP contribution >= 0.6 is 0 Å². The van der Waals surface area contributed by atoms with Crippen LogP contribution in [0.25, 0.3) is 11.1 Å². The Labute approximate surface area is 153 Å². The van der Waals surface area contributed by atoms with Crippen molar-refractivity contribution in [1.82, 2.24) is 4.98 Å². The van der Waals surface area contributed by atoms with E-state index in [2.05, 4.69) is 56.4 Å². The van der Waals surface area contributed by atoms with Gasteiger partial charge < -0.3 is 0 Å². The monoisotopic (exact) mass is 335 g/mol. The van der Waals surface area contributed by atoms with Gasteiger partial charge >= 0.3 is 0 Å². The molecule has 1 aliphatic carbocycles. The molecule has 0 unspecified atom stereocenters. The van der Waals surface area contributed by atoms with E-state index in [0.717, 1.165) is 12.3 Å². The minimum atomic E-state index is 0.680. The number of hydrogen-bond acceptors (Lipinski definition) is 1. The largest absolute Gasteiger partial charge is 0.260 e. The summed E-state index contributed by atoms with van der Waals surface area (Å²) in [6.07, 6.45) is 14.2. The second kappa shape index (κ2) is 9.17. The molecular weight excluding hydrogens is 302 g/mol. The first-order chi connectivity index (χ1) is 12.3. The summed E-state index contributed by atoms with van der Waals surface area (Å²) in [6, 6.07) is 13.4. The standard InChI is InChI=1S/C24H33N/c1-3-5-6-7-20-10-14-22(15-11-20)24-17-16-23(18-25-24)21-12-8-19(4-2)9-13-21/h8-9,12-13,16-18,20,22H,3-7,10-11,14-15H2,1-2H3. The van der Waals surface area contributed by atoms with Crippen molar-refractivity contribution in [3.63, 3.8) is 0 Å².